The molecule has 24 heavy (non-hydrogen) atoms. The van der Waals surface area contributed by atoms with Gasteiger partial charge in [-0.3, -0.25) is 4.90 Å². The minimum atomic E-state index is -0.222. The van der Waals surface area contributed by atoms with Gasteiger partial charge in [0.05, 0.1) is 17.4 Å². The maximum Gasteiger partial charge on any atom is 0.198 e. The summed E-state index contributed by atoms with van der Waals surface area (Å²) in [6.45, 7) is 2.86. The van der Waals surface area contributed by atoms with E-state index in [1.807, 2.05) is 11.6 Å². The minimum Gasteiger partial charge on any atom is -0.445 e. The first-order valence-electron chi connectivity index (χ1n) is 8.05. The summed E-state index contributed by atoms with van der Waals surface area (Å²) in [7, 11) is 0. The molecule has 1 aromatic carbocycles. The molecular formula is C18H18FN3OS. The van der Waals surface area contributed by atoms with Crippen molar-refractivity contribution in [3.05, 3.63) is 70.1 Å². The van der Waals surface area contributed by atoms with Crippen LogP contribution in [0.1, 0.15) is 35.2 Å². The smallest absolute Gasteiger partial charge is 0.198 e. The number of benzene rings is 1. The molecule has 1 saturated heterocycles. The predicted molar refractivity (Wildman–Crippen MR) is 90.5 cm³/mol. The van der Waals surface area contributed by atoms with E-state index in [0.717, 1.165) is 49.0 Å². The van der Waals surface area contributed by atoms with E-state index in [0.29, 0.717) is 12.3 Å². The fourth-order valence-corrected chi connectivity index (χ4v) is 3.71. The largest absolute Gasteiger partial charge is 0.445 e. The van der Waals surface area contributed by atoms with Crippen LogP contribution in [0.5, 0.6) is 0 Å². The molecule has 4 nitrogen and oxygen atoms in total. The third-order valence-corrected chi connectivity index (χ3v) is 4.96. The van der Waals surface area contributed by atoms with Crippen LogP contribution in [0.15, 0.2) is 45.8 Å². The maximum atomic E-state index is 13.3. The molecule has 2 aromatic heterocycles. The first kappa shape index (κ1) is 15.5. The second-order valence-electron chi connectivity index (χ2n) is 6.17. The summed E-state index contributed by atoms with van der Waals surface area (Å²) < 4.78 is 19.2. The standard InChI is InChI=1S/C18H18FN3OS/c19-15-3-1-2-13(6-15)7-17-8-20-18(23-17)14-4-5-22(9-14)10-16-11-24-12-21-16/h1-3,6,8,11-12,14H,4-5,7,9-10H2. The van der Waals surface area contributed by atoms with Crippen molar-refractivity contribution in [3.8, 4) is 0 Å². The molecule has 0 N–H and O–H groups in total. The Morgan fingerprint density at radius 3 is 3.12 bits per heavy atom. The molecule has 0 spiro atoms. The van der Waals surface area contributed by atoms with Gasteiger partial charge in [-0.15, -0.1) is 11.3 Å². The third-order valence-electron chi connectivity index (χ3n) is 4.33. The Kier molecular flexibility index (Phi) is 4.40. The van der Waals surface area contributed by atoms with Gasteiger partial charge in [0.2, 0.25) is 0 Å². The molecular weight excluding hydrogens is 325 g/mol. The van der Waals surface area contributed by atoms with Crippen LogP contribution in [0.25, 0.3) is 0 Å². The molecule has 1 fully saturated rings. The molecule has 1 aliphatic heterocycles. The number of rotatable bonds is 5. The van der Waals surface area contributed by atoms with Crippen molar-refractivity contribution in [2.45, 2.75) is 25.3 Å². The van der Waals surface area contributed by atoms with Crippen molar-refractivity contribution in [2.24, 2.45) is 0 Å². The highest BCUT2D eigenvalue weighted by atomic mass is 32.1. The van der Waals surface area contributed by atoms with E-state index in [1.54, 1.807) is 23.6 Å². The van der Waals surface area contributed by atoms with E-state index < -0.39 is 0 Å². The van der Waals surface area contributed by atoms with E-state index >= 15 is 0 Å². The molecule has 3 heterocycles. The van der Waals surface area contributed by atoms with Gasteiger partial charge in [-0.1, -0.05) is 12.1 Å². The van der Waals surface area contributed by atoms with Crippen LogP contribution >= 0.6 is 11.3 Å². The van der Waals surface area contributed by atoms with Crippen molar-refractivity contribution in [1.82, 2.24) is 14.9 Å². The molecule has 0 amide bonds. The summed E-state index contributed by atoms with van der Waals surface area (Å²) >= 11 is 1.63. The highest BCUT2D eigenvalue weighted by molar-refractivity contribution is 7.07. The van der Waals surface area contributed by atoms with Crippen molar-refractivity contribution in [2.75, 3.05) is 13.1 Å². The fraction of sp³-hybridized carbons (Fsp3) is 0.333. The molecule has 124 valence electrons. The summed E-state index contributed by atoms with van der Waals surface area (Å²) in [4.78, 5) is 11.2. The van der Waals surface area contributed by atoms with E-state index in [-0.39, 0.29) is 5.82 Å². The Morgan fingerprint density at radius 1 is 1.33 bits per heavy atom. The lowest BCUT2D eigenvalue weighted by Crippen LogP contribution is -2.19. The Balaban J connectivity index is 1.38. The third kappa shape index (κ3) is 3.55. The van der Waals surface area contributed by atoms with E-state index in [4.69, 9.17) is 4.42 Å². The van der Waals surface area contributed by atoms with Crippen LogP contribution in [0.4, 0.5) is 4.39 Å². The van der Waals surface area contributed by atoms with E-state index in [1.165, 1.54) is 12.1 Å². The Hall–Kier alpha value is -2.05. The first-order chi connectivity index (χ1) is 11.8. The van der Waals surface area contributed by atoms with Gasteiger partial charge in [0.25, 0.3) is 0 Å². The average Bonchev–Trinajstić information content (AvgIpc) is 3.29. The molecule has 0 saturated carbocycles. The number of aromatic nitrogens is 2. The Bertz CT molecular complexity index is 802. The van der Waals surface area contributed by atoms with Gasteiger partial charge in [0, 0.05) is 30.8 Å². The van der Waals surface area contributed by atoms with Gasteiger partial charge in [-0.05, 0) is 30.7 Å². The molecule has 1 atom stereocenters. The number of hydrogen-bond donors (Lipinski definition) is 0. The van der Waals surface area contributed by atoms with Crippen molar-refractivity contribution in [3.63, 3.8) is 0 Å². The Labute approximate surface area is 144 Å². The molecule has 3 aromatic rings. The van der Waals surface area contributed by atoms with Gasteiger partial charge < -0.3 is 4.42 Å². The quantitative estimate of drug-likeness (QED) is 0.706. The molecule has 4 rings (SSSR count). The number of hydrogen-bond acceptors (Lipinski definition) is 5. The number of thiazole rings is 1. The molecule has 0 radical (unpaired) electrons. The summed E-state index contributed by atoms with van der Waals surface area (Å²) in [6, 6.07) is 6.60. The second-order valence-corrected chi connectivity index (χ2v) is 6.89. The van der Waals surface area contributed by atoms with Crippen LogP contribution in [-0.2, 0) is 13.0 Å². The van der Waals surface area contributed by atoms with Gasteiger partial charge in [-0.2, -0.15) is 0 Å². The van der Waals surface area contributed by atoms with Crippen molar-refractivity contribution >= 4 is 11.3 Å². The lowest BCUT2D eigenvalue weighted by molar-refractivity contribution is 0.315. The molecule has 0 bridgehead atoms. The minimum absolute atomic E-state index is 0.222. The van der Waals surface area contributed by atoms with E-state index in [2.05, 4.69) is 20.2 Å². The first-order valence-corrected chi connectivity index (χ1v) is 8.99. The topological polar surface area (TPSA) is 42.2 Å². The highest BCUT2D eigenvalue weighted by Gasteiger charge is 2.27. The summed E-state index contributed by atoms with van der Waals surface area (Å²) in [5.41, 5.74) is 3.89. The van der Waals surface area contributed by atoms with Crippen molar-refractivity contribution < 1.29 is 8.81 Å². The number of nitrogens with zero attached hydrogens (tertiary/aromatic N) is 3. The average molecular weight is 343 g/mol. The number of likely N-dealkylation sites (tertiary alicyclic amines) is 1. The van der Waals surface area contributed by atoms with Gasteiger partial charge in [0.15, 0.2) is 5.89 Å². The summed E-state index contributed by atoms with van der Waals surface area (Å²) in [6.07, 6.45) is 3.38. The molecule has 1 unspecified atom stereocenters. The zero-order valence-electron chi connectivity index (χ0n) is 13.2. The molecule has 0 aliphatic carbocycles. The molecule has 6 heteroatoms. The lowest BCUT2D eigenvalue weighted by atomic mass is 10.1. The zero-order valence-corrected chi connectivity index (χ0v) is 14.0. The van der Waals surface area contributed by atoms with Gasteiger partial charge in [-0.25, -0.2) is 14.4 Å². The maximum absolute atomic E-state index is 13.3. The summed E-state index contributed by atoms with van der Waals surface area (Å²) in [5, 5.41) is 2.09. The lowest BCUT2D eigenvalue weighted by Gasteiger charge is -2.13. The number of oxazole rings is 1. The SMILES string of the molecule is Fc1cccc(Cc2cnc(C3CCN(Cc4cscn4)C3)o2)c1. The highest BCUT2D eigenvalue weighted by Crippen LogP contribution is 2.28. The zero-order chi connectivity index (χ0) is 16.4. The van der Waals surface area contributed by atoms with Crippen LogP contribution in [0.3, 0.4) is 0 Å². The van der Waals surface area contributed by atoms with Crippen LogP contribution in [0, 0.1) is 5.82 Å². The monoisotopic (exact) mass is 343 g/mol. The summed E-state index contributed by atoms with van der Waals surface area (Å²) in [5.74, 6) is 1.68. The van der Waals surface area contributed by atoms with Crippen LogP contribution in [-0.4, -0.2) is 28.0 Å². The van der Waals surface area contributed by atoms with Gasteiger partial charge >= 0.3 is 0 Å². The van der Waals surface area contributed by atoms with E-state index in [9.17, 15) is 4.39 Å². The Morgan fingerprint density at radius 2 is 2.29 bits per heavy atom. The van der Waals surface area contributed by atoms with Gasteiger partial charge in [0.1, 0.15) is 11.6 Å². The fourth-order valence-electron chi connectivity index (χ4n) is 3.16. The number of halogens is 1. The van der Waals surface area contributed by atoms with Crippen LogP contribution in [0.2, 0.25) is 0 Å². The predicted octanol–water partition coefficient (Wildman–Crippen LogP) is 3.85. The van der Waals surface area contributed by atoms with Crippen LogP contribution < -0.4 is 0 Å². The second kappa shape index (κ2) is 6.83. The molecule has 1 aliphatic rings. The normalized spacial score (nSPS) is 18.3. The van der Waals surface area contributed by atoms with Crippen molar-refractivity contribution in [1.29, 1.82) is 0 Å².